The number of carbonyl (C=O) groups is 2. The maximum atomic E-state index is 12.2. The minimum Gasteiger partial charge on any atom is -0.402 e. The molecule has 62 heavy (non-hydrogen) atoms. The molecule has 0 fully saturated rings. The molecule has 0 rings (SSSR count). The number of allylic oxidation sites excluding steroid dienone is 1. The van der Waals surface area contributed by atoms with Crippen LogP contribution in [-0.4, -0.2) is 139 Å². The monoisotopic (exact) mass is 957 g/mol. The van der Waals surface area contributed by atoms with Crippen LogP contribution in [0, 0.1) is 0 Å². The van der Waals surface area contributed by atoms with E-state index in [1.165, 1.54) is 23.5 Å². The van der Waals surface area contributed by atoms with Gasteiger partial charge in [0.2, 0.25) is 5.12 Å². The Labute approximate surface area is 394 Å². The first-order chi connectivity index (χ1) is 28.7. The molecule has 370 valence electrons. The maximum Gasteiger partial charge on any atom is 0.216 e. The van der Waals surface area contributed by atoms with E-state index >= 15 is 0 Å². The second-order valence-corrected chi connectivity index (χ2v) is 24.2. The first kappa shape index (κ1) is 64.2. The number of nitrogens with two attached hydrogens (primary N) is 1. The molecule has 0 unspecified atom stereocenters. The van der Waals surface area contributed by atoms with Crippen molar-refractivity contribution in [3.63, 3.8) is 0 Å². The summed E-state index contributed by atoms with van der Waals surface area (Å²) in [4.78, 5) is 26.5. The van der Waals surface area contributed by atoms with Gasteiger partial charge in [-0.3, -0.25) is 14.5 Å². The van der Waals surface area contributed by atoms with Gasteiger partial charge in [0, 0.05) is 96.2 Å². The molecular weight excluding hydrogens is 859 g/mol. The molecule has 0 aromatic rings. The Kier molecular flexibility index (Phi) is 36.5. The molecule has 0 aromatic carbocycles. The van der Waals surface area contributed by atoms with Gasteiger partial charge in [-0.2, -0.15) is 0 Å². The summed E-state index contributed by atoms with van der Waals surface area (Å²) < 4.78 is 34.1. The number of ether oxygens (including phenoxy) is 2. The van der Waals surface area contributed by atoms with Crippen molar-refractivity contribution in [3.8, 4) is 0 Å². The normalized spacial score (nSPS) is 13.4. The first-order valence-electron chi connectivity index (χ1n) is 23.4. The predicted octanol–water partition coefficient (Wildman–Crippen LogP) is 11.9. The Morgan fingerprint density at radius 1 is 0.500 bits per heavy atom. The molecule has 12 nitrogen and oxygen atoms in total. The number of thioether (sulfide) groups is 2. The van der Waals surface area contributed by atoms with Crippen molar-refractivity contribution in [2.24, 2.45) is 5.73 Å². The Bertz CT molecular complexity index is 1130. The zero-order valence-corrected chi connectivity index (χ0v) is 47.2. The Hall–Kier alpha value is 0.0800. The van der Waals surface area contributed by atoms with Gasteiger partial charge in [-0.15, -0.1) is 0 Å². The SMILES string of the molecule is C/C(N)=C(/C)C(=O)SCCCOCOP(N(C(C)C)C(C)C)N(C(C)C)C(C)C.CC(C)N(CCC(=O)SCCCOCOP(N(C(C)C)C(C)C)N(C(C)C)C(C)C)C(C)C. The maximum absolute atomic E-state index is 12.2. The molecule has 0 radical (unpaired) electrons. The molecule has 0 saturated heterocycles. The summed E-state index contributed by atoms with van der Waals surface area (Å²) in [7, 11) is -1.86. The van der Waals surface area contributed by atoms with E-state index in [9.17, 15) is 9.59 Å². The average Bonchev–Trinajstić information content (AvgIpc) is 3.12. The lowest BCUT2D eigenvalue weighted by atomic mass is 10.2. The fourth-order valence-electron chi connectivity index (χ4n) is 7.10. The lowest BCUT2D eigenvalue weighted by molar-refractivity contribution is -0.111. The minimum absolute atomic E-state index is 0.0405. The third-order valence-corrected chi connectivity index (χ3v) is 17.7. The number of hydrogen-bond donors (Lipinski definition) is 1. The molecule has 0 saturated carbocycles. The van der Waals surface area contributed by atoms with Crippen LogP contribution in [0.1, 0.15) is 172 Å². The van der Waals surface area contributed by atoms with E-state index in [2.05, 4.69) is 162 Å². The van der Waals surface area contributed by atoms with Crippen LogP contribution in [-0.2, 0) is 28.1 Å². The van der Waals surface area contributed by atoms with Crippen LogP contribution in [0.5, 0.6) is 0 Å². The second-order valence-electron chi connectivity index (χ2n) is 18.6. The topological polar surface area (TPSA) is 113 Å². The summed E-state index contributed by atoms with van der Waals surface area (Å²) in [5.74, 6) is 1.51. The lowest BCUT2D eigenvalue weighted by Gasteiger charge is -2.45. The number of nitrogens with zero attached hydrogens (tertiary/aromatic N) is 5. The fourth-order valence-corrected chi connectivity index (χ4v) is 13.2. The molecule has 0 aliphatic heterocycles. The molecule has 0 atom stereocenters. The highest BCUT2D eigenvalue weighted by Crippen LogP contribution is 2.51. The molecule has 16 heteroatoms. The van der Waals surface area contributed by atoms with Gasteiger partial charge in [0.15, 0.2) is 35.6 Å². The zero-order chi connectivity index (χ0) is 48.4. The third-order valence-electron chi connectivity index (χ3n) is 9.69. The van der Waals surface area contributed by atoms with Crippen LogP contribution < -0.4 is 5.73 Å². The van der Waals surface area contributed by atoms with Crippen LogP contribution in [0.4, 0.5) is 0 Å². The van der Waals surface area contributed by atoms with E-state index in [0.29, 0.717) is 97.1 Å². The van der Waals surface area contributed by atoms with Crippen molar-refractivity contribution < 1.29 is 28.1 Å². The van der Waals surface area contributed by atoms with Crippen LogP contribution in [0.3, 0.4) is 0 Å². The van der Waals surface area contributed by atoms with E-state index in [4.69, 9.17) is 24.3 Å². The summed E-state index contributed by atoms with van der Waals surface area (Å²) in [5.41, 5.74) is 6.88. The van der Waals surface area contributed by atoms with Gasteiger partial charge in [-0.1, -0.05) is 23.5 Å². The predicted molar refractivity (Wildman–Crippen MR) is 274 cm³/mol. The van der Waals surface area contributed by atoms with Crippen molar-refractivity contribution in [3.05, 3.63) is 11.3 Å². The number of hydrogen-bond acceptors (Lipinski definition) is 14. The van der Waals surface area contributed by atoms with Crippen molar-refractivity contribution in [1.82, 2.24) is 23.6 Å². The summed E-state index contributed by atoms with van der Waals surface area (Å²) in [6, 6.07) is 4.01. The summed E-state index contributed by atoms with van der Waals surface area (Å²) in [5, 5.41) is 0.314. The molecule has 0 aliphatic carbocycles. The van der Waals surface area contributed by atoms with Crippen LogP contribution in [0.25, 0.3) is 0 Å². The van der Waals surface area contributed by atoms with Gasteiger partial charge in [0.1, 0.15) is 0 Å². The van der Waals surface area contributed by atoms with Gasteiger partial charge in [-0.25, -0.2) is 18.7 Å². The van der Waals surface area contributed by atoms with Gasteiger partial charge >= 0.3 is 0 Å². The smallest absolute Gasteiger partial charge is 0.216 e. The van der Waals surface area contributed by atoms with Gasteiger partial charge in [0.25, 0.3) is 0 Å². The number of carbonyl (C=O) groups excluding carboxylic acids is 2. The minimum atomic E-state index is -0.934. The molecular formula is C46H98N6O6P2S2. The van der Waals surface area contributed by atoms with Gasteiger partial charge in [0.05, 0.1) is 13.2 Å². The highest BCUT2D eigenvalue weighted by atomic mass is 32.2. The second kappa shape index (κ2) is 35.3. The first-order valence-corrected chi connectivity index (χ1v) is 27.7. The van der Waals surface area contributed by atoms with Crippen LogP contribution >= 0.6 is 40.4 Å². The van der Waals surface area contributed by atoms with E-state index < -0.39 is 16.9 Å². The molecule has 0 amide bonds. The molecule has 0 aliphatic rings. The lowest BCUT2D eigenvalue weighted by Crippen LogP contribution is -2.43. The highest BCUT2D eigenvalue weighted by molar-refractivity contribution is 8.14. The van der Waals surface area contributed by atoms with Crippen molar-refractivity contribution in [2.75, 3.05) is 44.9 Å². The Morgan fingerprint density at radius 3 is 1.08 bits per heavy atom. The average molecular weight is 957 g/mol. The molecule has 0 bridgehead atoms. The molecule has 2 N–H and O–H groups in total. The van der Waals surface area contributed by atoms with E-state index in [1.54, 1.807) is 13.8 Å². The zero-order valence-electron chi connectivity index (χ0n) is 43.8. The molecule has 0 spiro atoms. The van der Waals surface area contributed by atoms with Crippen LogP contribution in [0.15, 0.2) is 11.3 Å². The summed E-state index contributed by atoms with van der Waals surface area (Å²) in [6.07, 6.45) is 2.26. The highest BCUT2D eigenvalue weighted by Gasteiger charge is 2.36. The standard InChI is InChI=1S/C25H54N3O3PS.C21H44N3O3PS/c1-19(2)26(20(3)4)15-14-25(29)33-17-13-16-30-18-31-32(27(21(5)6)22(7)8)28(23(9)10)24(11)12;1-15(2)23(16(3)4)28(24(17(5)6)18(7)8)27-14-26-12-11-13-29-21(25)19(9)20(10)22/h19-24H,13-18H2,1-12H3;15-18H,11-14,22H2,1-10H3/b;20-19+. The van der Waals surface area contributed by atoms with Crippen molar-refractivity contribution >= 4 is 50.7 Å². The van der Waals surface area contributed by atoms with Gasteiger partial charge in [-0.05, 0) is 165 Å². The third kappa shape index (κ3) is 26.4. The summed E-state index contributed by atoms with van der Waals surface area (Å²) >= 11 is 2.73. The Balaban J connectivity index is 0. The quantitative estimate of drug-likeness (QED) is 0.0299. The van der Waals surface area contributed by atoms with Gasteiger partial charge < -0.3 is 24.3 Å². The number of rotatable bonds is 32. The van der Waals surface area contributed by atoms with E-state index in [1.807, 2.05) is 0 Å². The largest absolute Gasteiger partial charge is 0.402 e. The fraction of sp³-hybridized carbons (Fsp3) is 0.913. The van der Waals surface area contributed by atoms with E-state index in [0.717, 1.165) is 25.1 Å². The molecule has 0 aromatic heterocycles. The van der Waals surface area contributed by atoms with E-state index in [-0.39, 0.29) is 23.8 Å². The Morgan fingerprint density at radius 2 is 0.806 bits per heavy atom. The van der Waals surface area contributed by atoms with Crippen molar-refractivity contribution in [1.29, 1.82) is 0 Å². The van der Waals surface area contributed by atoms with Crippen LogP contribution in [0.2, 0.25) is 0 Å². The molecule has 0 heterocycles. The van der Waals surface area contributed by atoms with Crippen molar-refractivity contribution in [2.45, 2.75) is 232 Å². The summed E-state index contributed by atoms with van der Waals surface area (Å²) in [6.45, 7) is 50.4.